The number of hydrogen-bond acceptors (Lipinski definition) is 7. The molecule has 2 N–H and O–H groups in total. The van der Waals surface area contributed by atoms with E-state index < -0.39 is 29.7 Å². The van der Waals surface area contributed by atoms with Gasteiger partial charge in [-0.2, -0.15) is 4.90 Å². The molecule has 4 atom stereocenters. The number of ether oxygens (including phenoxy) is 2. The van der Waals surface area contributed by atoms with E-state index in [0.29, 0.717) is 28.9 Å². The minimum absolute atomic E-state index is 0.193. The number of imide groups is 3. The summed E-state index contributed by atoms with van der Waals surface area (Å²) < 4.78 is 11.5. The second-order valence-corrected chi connectivity index (χ2v) is 9.61. The number of fused-ring (bicyclic) bond motifs is 3. The van der Waals surface area contributed by atoms with Gasteiger partial charge < -0.3 is 19.7 Å². The minimum Gasteiger partial charge on any atom is -0.507 e. The number of halogens is 1. The lowest BCUT2D eigenvalue weighted by Crippen LogP contribution is -2.38. The molecule has 3 amide bonds. The normalized spacial score (nSPS) is 27.2. The van der Waals surface area contributed by atoms with Crippen LogP contribution in [0, 0.1) is 17.8 Å². The maximum Gasteiger partial charge on any atom is 0.423 e. The Morgan fingerprint density at radius 2 is 2.06 bits per heavy atom. The lowest BCUT2D eigenvalue weighted by Gasteiger charge is -2.31. The second-order valence-electron chi connectivity index (χ2n) is 8.70. The molecule has 4 rings (SSSR count). The summed E-state index contributed by atoms with van der Waals surface area (Å²) in [4.78, 5) is 38.3. The standard InChI is InChI=1S/C24H26BrNO7/c1-12(7-13-8-15(25)4-5-18(13)28)3-6-19-20-14(10-27)9-16-21(17(20)11-33-19)23(30)26(22(16)29)24(31)32-2/h4-5,7-8,16-17,19,21,27-28H,3,6,9-11H2,1-2H3/b12-7+/t16-,17+,19-,21-/m1/s1. The zero-order chi connectivity index (χ0) is 23.9. The first kappa shape index (κ1) is 23.7. The highest BCUT2D eigenvalue weighted by Crippen LogP contribution is 2.49. The highest BCUT2D eigenvalue weighted by Gasteiger charge is 2.58. The molecule has 2 aliphatic heterocycles. The highest BCUT2D eigenvalue weighted by atomic mass is 79.9. The molecule has 2 fully saturated rings. The molecule has 0 aromatic heterocycles. The van der Waals surface area contributed by atoms with Crippen LogP contribution in [-0.2, 0) is 19.1 Å². The van der Waals surface area contributed by atoms with Crippen LogP contribution >= 0.6 is 15.9 Å². The van der Waals surface area contributed by atoms with E-state index in [1.165, 1.54) is 0 Å². The predicted molar refractivity (Wildman–Crippen MR) is 122 cm³/mol. The molecule has 1 aliphatic carbocycles. The highest BCUT2D eigenvalue weighted by molar-refractivity contribution is 9.10. The van der Waals surface area contributed by atoms with Crippen molar-refractivity contribution in [2.24, 2.45) is 17.8 Å². The van der Waals surface area contributed by atoms with E-state index in [0.717, 1.165) is 22.7 Å². The van der Waals surface area contributed by atoms with E-state index in [-0.39, 0.29) is 37.4 Å². The number of benzene rings is 1. The van der Waals surface area contributed by atoms with Crippen molar-refractivity contribution >= 4 is 39.9 Å². The molecule has 0 unspecified atom stereocenters. The van der Waals surface area contributed by atoms with E-state index in [4.69, 9.17) is 4.74 Å². The Bertz CT molecular complexity index is 1060. The Morgan fingerprint density at radius 1 is 1.30 bits per heavy atom. The van der Waals surface area contributed by atoms with Crippen LogP contribution in [0.25, 0.3) is 6.08 Å². The number of carbonyl (C=O) groups is 3. The zero-order valence-electron chi connectivity index (χ0n) is 18.4. The number of aliphatic hydroxyl groups excluding tert-OH is 1. The first-order valence-corrected chi connectivity index (χ1v) is 11.6. The molecule has 1 aromatic rings. The number of allylic oxidation sites excluding steroid dienone is 1. The van der Waals surface area contributed by atoms with E-state index in [1.807, 2.05) is 19.1 Å². The van der Waals surface area contributed by atoms with Crippen molar-refractivity contribution in [3.05, 3.63) is 45.0 Å². The van der Waals surface area contributed by atoms with Gasteiger partial charge in [0.2, 0.25) is 11.8 Å². The maximum absolute atomic E-state index is 13.0. The number of methoxy groups -OCH3 is 1. The first-order valence-electron chi connectivity index (χ1n) is 10.8. The lowest BCUT2D eigenvalue weighted by atomic mass is 9.69. The average Bonchev–Trinajstić information content (AvgIpc) is 3.32. The van der Waals surface area contributed by atoms with Crippen LogP contribution in [0.5, 0.6) is 5.75 Å². The molecule has 1 aromatic carbocycles. The number of nitrogens with zero attached hydrogens (tertiary/aromatic N) is 1. The van der Waals surface area contributed by atoms with Crippen LogP contribution in [-0.4, -0.2) is 59.4 Å². The van der Waals surface area contributed by atoms with Gasteiger partial charge in [0, 0.05) is 16.0 Å². The Balaban J connectivity index is 1.53. The largest absolute Gasteiger partial charge is 0.507 e. The summed E-state index contributed by atoms with van der Waals surface area (Å²) in [6, 6.07) is 5.23. The van der Waals surface area contributed by atoms with Gasteiger partial charge in [0.15, 0.2) is 0 Å². The third kappa shape index (κ3) is 4.25. The molecule has 0 saturated carbocycles. The van der Waals surface area contributed by atoms with Crippen molar-refractivity contribution in [1.82, 2.24) is 4.90 Å². The number of aromatic hydroxyl groups is 1. The van der Waals surface area contributed by atoms with Crippen molar-refractivity contribution in [3.63, 3.8) is 0 Å². The van der Waals surface area contributed by atoms with Gasteiger partial charge in [-0.1, -0.05) is 27.6 Å². The molecular formula is C24H26BrNO7. The number of amides is 3. The molecular weight excluding hydrogens is 494 g/mol. The van der Waals surface area contributed by atoms with Gasteiger partial charge in [0.25, 0.3) is 0 Å². The lowest BCUT2D eigenvalue weighted by molar-refractivity contribution is -0.137. The van der Waals surface area contributed by atoms with E-state index in [9.17, 15) is 24.6 Å². The van der Waals surface area contributed by atoms with Crippen molar-refractivity contribution in [1.29, 1.82) is 0 Å². The van der Waals surface area contributed by atoms with Crippen LogP contribution in [0.2, 0.25) is 0 Å². The Kier molecular flexibility index (Phi) is 6.74. The Morgan fingerprint density at radius 3 is 2.76 bits per heavy atom. The van der Waals surface area contributed by atoms with E-state index in [1.54, 1.807) is 12.1 Å². The van der Waals surface area contributed by atoms with Crippen LogP contribution in [0.4, 0.5) is 4.79 Å². The van der Waals surface area contributed by atoms with Crippen molar-refractivity contribution in [3.8, 4) is 5.75 Å². The Labute approximate surface area is 200 Å². The fourth-order valence-electron chi connectivity index (χ4n) is 5.23. The van der Waals surface area contributed by atoms with Crippen LogP contribution in [0.3, 0.4) is 0 Å². The van der Waals surface area contributed by atoms with Crippen LogP contribution in [0.15, 0.2) is 39.4 Å². The number of carbonyl (C=O) groups excluding carboxylic acids is 3. The van der Waals surface area contributed by atoms with Gasteiger partial charge in [0.05, 0.1) is 38.3 Å². The quantitative estimate of drug-likeness (QED) is 0.452. The fraction of sp³-hybridized carbons (Fsp3) is 0.458. The molecule has 2 saturated heterocycles. The zero-order valence-corrected chi connectivity index (χ0v) is 20.0. The topological polar surface area (TPSA) is 113 Å². The number of phenolic OH excluding ortho intramolecular Hbond substituents is 1. The van der Waals surface area contributed by atoms with Gasteiger partial charge in [-0.05, 0) is 55.5 Å². The number of hydrogen-bond donors (Lipinski definition) is 2. The molecule has 3 aliphatic rings. The van der Waals surface area contributed by atoms with Crippen molar-refractivity contribution < 1.29 is 34.1 Å². The summed E-state index contributed by atoms with van der Waals surface area (Å²) in [5.41, 5.74) is 3.34. The predicted octanol–water partition coefficient (Wildman–Crippen LogP) is 3.41. The molecule has 2 heterocycles. The maximum atomic E-state index is 13.0. The molecule has 9 heteroatoms. The smallest absolute Gasteiger partial charge is 0.423 e. The number of aliphatic hydroxyl groups is 1. The molecule has 0 spiro atoms. The van der Waals surface area contributed by atoms with Gasteiger partial charge in [-0.15, -0.1) is 0 Å². The number of phenols is 1. The molecule has 176 valence electrons. The van der Waals surface area contributed by atoms with Gasteiger partial charge in [-0.25, -0.2) is 4.79 Å². The molecule has 0 bridgehead atoms. The van der Waals surface area contributed by atoms with Gasteiger partial charge in [0.1, 0.15) is 5.75 Å². The first-order chi connectivity index (χ1) is 15.8. The molecule has 33 heavy (non-hydrogen) atoms. The number of likely N-dealkylation sites (tertiary alicyclic amines) is 1. The van der Waals surface area contributed by atoms with Gasteiger partial charge in [-0.3, -0.25) is 9.59 Å². The monoisotopic (exact) mass is 519 g/mol. The number of rotatable bonds is 5. The summed E-state index contributed by atoms with van der Waals surface area (Å²) >= 11 is 3.41. The molecule has 8 nitrogen and oxygen atoms in total. The SMILES string of the molecule is COC(=O)N1C(=O)[C@@H]2[C@@H](CC(CO)=C3[C@@H](CC/C(C)=C/c4cc(Br)ccc4O)OC[C@@H]32)C1=O. The van der Waals surface area contributed by atoms with Crippen molar-refractivity contribution in [2.75, 3.05) is 20.3 Å². The molecule has 0 radical (unpaired) electrons. The summed E-state index contributed by atoms with van der Waals surface area (Å²) in [6.45, 7) is 2.00. The fourth-order valence-corrected chi connectivity index (χ4v) is 5.61. The van der Waals surface area contributed by atoms with E-state index >= 15 is 0 Å². The van der Waals surface area contributed by atoms with E-state index in [2.05, 4.69) is 20.7 Å². The third-order valence-corrected chi connectivity index (χ3v) is 7.24. The van der Waals surface area contributed by atoms with Crippen molar-refractivity contribution in [2.45, 2.75) is 32.3 Å². The van der Waals surface area contributed by atoms with Gasteiger partial charge >= 0.3 is 6.09 Å². The summed E-state index contributed by atoms with van der Waals surface area (Å²) in [5, 5.41) is 20.1. The van der Waals surface area contributed by atoms with Crippen LogP contribution < -0.4 is 0 Å². The summed E-state index contributed by atoms with van der Waals surface area (Å²) in [5.74, 6) is -2.64. The minimum atomic E-state index is -0.974. The van der Waals surface area contributed by atoms with Crippen LogP contribution in [0.1, 0.15) is 31.7 Å². The summed E-state index contributed by atoms with van der Waals surface area (Å²) in [6.07, 6.45) is 2.20. The average molecular weight is 520 g/mol. The third-order valence-electron chi connectivity index (χ3n) is 6.75. The second kappa shape index (κ2) is 9.40. The Hall–Kier alpha value is -2.49. The summed E-state index contributed by atoms with van der Waals surface area (Å²) in [7, 11) is 1.13.